The van der Waals surface area contributed by atoms with Crippen LogP contribution in [-0.4, -0.2) is 34.3 Å². The average Bonchev–Trinajstić information content (AvgIpc) is 3.06. The Balaban J connectivity index is 1.54. The van der Waals surface area contributed by atoms with Crippen LogP contribution in [0.2, 0.25) is 5.02 Å². The number of benzene rings is 2. The lowest BCUT2D eigenvalue weighted by Gasteiger charge is -2.15. The molecule has 9 heteroatoms. The third-order valence-electron chi connectivity index (χ3n) is 4.69. The van der Waals surface area contributed by atoms with Gasteiger partial charge in [0.1, 0.15) is 11.5 Å². The van der Waals surface area contributed by atoms with E-state index < -0.39 is 17.9 Å². The molecule has 3 aromatic rings. The second kappa shape index (κ2) is 10.2. The summed E-state index contributed by atoms with van der Waals surface area (Å²) >= 11 is 6.19. The predicted octanol–water partition coefficient (Wildman–Crippen LogP) is 3.77. The fourth-order valence-corrected chi connectivity index (χ4v) is 3.08. The van der Waals surface area contributed by atoms with E-state index in [-0.39, 0.29) is 0 Å². The number of rotatable bonds is 7. The summed E-state index contributed by atoms with van der Waals surface area (Å²) in [5, 5.41) is 5.00. The number of hydrogen-bond acceptors (Lipinski definition) is 5. The number of nitrogens with one attached hydrogen (secondary N) is 2. The maximum absolute atomic E-state index is 12.4. The summed E-state index contributed by atoms with van der Waals surface area (Å²) in [6, 6.07) is 13.7. The Hall–Kier alpha value is -3.52. The van der Waals surface area contributed by atoms with Gasteiger partial charge in [0.15, 0.2) is 6.10 Å². The van der Waals surface area contributed by atoms with Crippen molar-refractivity contribution in [3.8, 4) is 17.2 Å². The van der Waals surface area contributed by atoms with Gasteiger partial charge in [-0.25, -0.2) is 4.68 Å². The molecule has 0 radical (unpaired) electrons. The summed E-state index contributed by atoms with van der Waals surface area (Å²) in [6.45, 7) is 7.76. The molecule has 0 bridgehead atoms. The highest BCUT2D eigenvalue weighted by molar-refractivity contribution is 6.31. The molecule has 2 N–H and O–H groups in total. The first-order valence-corrected chi connectivity index (χ1v) is 10.5. The molecule has 1 heterocycles. The van der Waals surface area contributed by atoms with Crippen LogP contribution in [0.25, 0.3) is 5.69 Å². The summed E-state index contributed by atoms with van der Waals surface area (Å²) in [7, 11) is 0. The van der Waals surface area contributed by atoms with Gasteiger partial charge in [-0.1, -0.05) is 11.6 Å². The molecule has 0 saturated carbocycles. The number of aromatic nitrogens is 2. The highest BCUT2D eigenvalue weighted by Crippen LogP contribution is 2.22. The maximum atomic E-state index is 12.4. The van der Waals surface area contributed by atoms with Crippen LogP contribution in [0.1, 0.15) is 35.6 Å². The molecule has 2 aromatic carbocycles. The number of aryl methyl sites for hydroxylation is 1. The van der Waals surface area contributed by atoms with E-state index in [1.54, 1.807) is 60.1 Å². The van der Waals surface area contributed by atoms with E-state index in [0.717, 1.165) is 22.8 Å². The van der Waals surface area contributed by atoms with E-state index in [1.807, 2.05) is 20.8 Å². The molecule has 168 valence electrons. The summed E-state index contributed by atoms with van der Waals surface area (Å²) in [5.74, 6) is 0.296. The molecule has 0 saturated heterocycles. The molecule has 0 aliphatic heterocycles. The Bertz CT molecular complexity index is 1090. The Kier molecular flexibility index (Phi) is 7.37. The first-order chi connectivity index (χ1) is 15.3. The largest absolute Gasteiger partial charge is 0.494 e. The van der Waals surface area contributed by atoms with E-state index in [4.69, 9.17) is 21.1 Å². The molecule has 2 amide bonds. The van der Waals surface area contributed by atoms with Crippen LogP contribution in [0.4, 0.5) is 0 Å². The zero-order chi connectivity index (χ0) is 23.3. The molecule has 8 nitrogen and oxygen atoms in total. The van der Waals surface area contributed by atoms with Gasteiger partial charge in [-0.3, -0.25) is 20.4 Å². The van der Waals surface area contributed by atoms with Crippen molar-refractivity contribution in [3.05, 3.63) is 70.5 Å². The molecule has 32 heavy (non-hydrogen) atoms. The number of ether oxygens (including phenoxy) is 2. The zero-order valence-electron chi connectivity index (χ0n) is 18.3. The monoisotopic (exact) mass is 456 g/mol. The van der Waals surface area contributed by atoms with Crippen molar-refractivity contribution in [1.82, 2.24) is 20.6 Å². The first kappa shape index (κ1) is 23.1. The van der Waals surface area contributed by atoms with Crippen molar-refractivity contribution < 1.29 is 19.1 Å². The Morgan fingerprint density at radius 3 is 2.22 bits per heavy atom. The SMILES string of the molecule is CCOc1ccc(OC(C)C(=O)NNC(=O)c2ccc(-n3nc(C)c(Cl)c3C)cc2)cc1. The quantitative estimate of drug-likeness (QED) is 0.528. The van der Waals surface area contributed by atoms with Crippen LogP contribution >= 0.6 is 11.6 Å². The van der Waals surface area contributed by atoms with Crippen molar-refractivity contribution in [2.45, 2.75) is 33.8 Å². The van der Waals surface area contributed by atoms with Gasteiger partial charge in [-0.2, -0.15) is 5.10 Å². The topological polar surface area (TPSA) is 94.5 Å². The van der Waals surface area contributed by atoms with E-state index >= 15 is 0 Å². The molecule has 1 unspecified atom stereocenters. The third-order valence-corrected chi connectivity index (χ3v) is 5.24. The lowest BCUT2D eigenvalue weighted by atomic mass is 10.2. The minimum atomic E-state index is -0.814. The van der Waals surface area contributed by atoms with Crippen molar-refractivity contribution in [2.24, 2.45) is 0 Å². The molecule has 0 spiro atoms. The fraction of sp³-hybridized carbons (Fsp3) is 0.261. The van der Waals surface area contributed by atoms with Crippen LogP contribution in [-0.2, 0) is 4.79 Å². The fourth-order valence-electron chi connectivity index (χ4n) is 2.96. The standard InChI is InChI=1S/C23H25ClN4O4/c1-5-31-19-10-12-20(13-11-19)32-16(4)22(29)25-26-23(30)17-6-8-18(9-7-17)28-15(3)21(24)14(2)27-28/h6-13,16H,5H2,1-4H3,(H,25,29)(H,26,30). The summed E-state index contributed by atoms with van der Waals surface area (Å²) in [6.07, 6.45) is -0.814. The Labute approximate surface area is 191 Å². The molecule has 0 fully saturated rings. The van der Waals surface area contributed by atoms with Gasteiger partial charge in [-0.15, -0.1) is 0 Å². The Morgan fingerprint density at radius 1 is 1.03 bits per heavy atom. The minimum absolute atomic E-state index is 0.377. The molecule has 0 aliphatic carbocycles. The minimum Gasteiger partial charge on any atom is -0.494 e. The van der Waals surface area contributed by atoms with Gasteiger partial charge < -0.3 is 9.47 Å². The normalized spacial score (nSPS) is 11.5. The Morgan fingerprint density at radius 2 is 1.66 bits per heavy atom. The van der Waals surface area contributed by atoms with Crippen LogP contribution in [0.15, 0.2) is 48.5 Å². The second-order valence-electron chi connectivity index (χ2n) is 7.05. The molecule has 3 rings (SSSR count). The number of nitrogens with zero attached hydrogens (tertiary/aromatic N) is 2. The number of hydrazine groups is 1. The van der Waals surface area contributed by atoms with Crippen molar-refractivity contribution in [3.63, 3.8) is 0 Å². The second-order valence-corrected chi connectivity index (χ2v) is 7.43. The molecule has 0 aliphatic rings. The van der Waals surface area contributed by atoms with Crippen LogP contribution in [0.5, 0.6) is 11.5 Å². The summed E-state index contributed by atoms with van der Waals surface area (Å²) in [5.41, 5.74) is 7.47. The van der Waals surface area contributed by atoms with E-state index in [2.05, 4.69) is 16.0 Å². The van der Waals surface area contributed by atoms with Gasteiger partial charge in [0.25, 0.3) is 11.8 Å². The zero-order valence-corrected chi connectivity index (χ0v) is 19.1. The maximum Gasteiger partial charge on any atom is 0.279 e. The number of carbonyl (C=O) groups excluding carboxylic acids is 2. The van der Waals surface area contributed by atoms with E-state index in [9.17, 15) is 9.59 Å². The molecule has 1 atom stereocenters. The van der Waals surface area contributed by atoms with E-state index in [0.29, 0.717) is 22.9 Å². The summed E-state index contributed by atoms with van der Waals surface area (Å²) < 4.78 is 12.7. The number of carbonyl (C=O) groups is 2. The highest BCUT2D eigenvalue weighted by Gasteiger charge is 2.16. The van der Waals surface area contributed by atoms with Crippen LogP contribution < -0.4 is 20.3 Å². The van der Waals surface area contributed by atoms with Crippen LogP contribution in [0.3, 0.4) is 0 Å². The van der Waals surface area contributed by atoms with Gasteiger partial charge >= 0.3 is 0 Å². The number of hydrogen-bond donors (Lipinski definition) is 2. The smallest absolute Gasteiger partial charge is 0.279 e. The van der Waals surface area contributed by atoms with E-state index in [1.165, 1.54) is 0 Å². The third kappa shape index (κ3) is 5.39. The first-order valence-electron chi connectivity index (χ1n) is 10.1. The predicted molar refractivity (Wildman–Crippen MR) is 121 cm³/mol. The van der Waals surface area contributed by atoms with Crippen LogP contribution in [0, 0.1) is 13.8 Å². The van der Waals surface area contributed by atoms with Crippen molar-refractivity contribution in [2.75, 3.05) is 6.61 Å². The van der Waals surface area contributed by atoms with Gasteiger partial charge in [-0.05, 0) is 76.2 Å². The molecule has 1 aromatic heterocycles. The highest BCUT2D eigenvalue weighted by atomic mass is 35.5. The van der Waals surface area contributed by atoms with Gasteiger partial charge in [0.2, 0.25) is 0 Å². The number of halogens is 1. The van der Waals surface area contributed by atoms with Crippen molar-refractivity contribution >= 4 is 23.4 Å². The molecular formula is C23H25ClN4O4. The number of amides is 2. The summed E-state index contributed by atoms with van der Waals surface area (Å²) in [4.78, 5) is 24.6. The lowest BCUT2D eigenvalue weighted by molar-refractivity contribution is -0.128. The average molecular weight is 457 g/mol. The lowest BCUT2D eigenvalue weighted by Crippen LogP contribution is -2.47. The molecular weight excluding hydrogens is 432 g/mol. The van der Waals surface area contributed by atoms with Crippen molar-refractivity contribution in [1.29, 1.82) is 0 Å². The van der Waals surface area contributed by atoms with Gasteiger partial charge in [0, 0.05) is 5.56 Å². The van der Waals surface area contributed by atoms with Gasteiger partial charge in [0.05, 0.1) is 28.7 Å².